The molecule has 1 unspecified atom stereocenters. The van der Waals surface area contributed by atoms with E-state index in [1.54, 1.807) is 6.07 Å². The number of benzene rings is 1. The monoisotopic (exact) mass is 225 g/mol. The molecule has 1 aromatic carbocycles. The minimum absolute atomic E-state index is 0.0767. The van der Waals surface area contributed by atoms with Crippen molar-refractivity contribution in [1.82, 2.24) is 5.32 Å². The minimum Gasteiger partial charge on any atom is -0.379 e. The maximum absolute atomic E-state index is 13.7. The van der Waals surface area contributed by atoms with Crippen LogP contribution < -0.4 is 5.32 Å². The standard InChI is InChI=1S/C13H20FNO/c1-4-7-16-9-13(15-3)11-6-5-10(2)8-12(11)14/h5-6,8,13,15H,4,7,9H2,1-3H3. The first kappa shape index (κ1) is 13.1. The van der Waals surface area contributed by atoms with Gasteiger partial charge in [-0.05, 0) is 32.0 Å². The normalized spacial score (nSPS) is 12.8. The molecule has 1 aromatic rings. The van der Waals surface area contributed by atoms with Crippen molar-refractivity contribution in [1.29, 1.82) is 0 Å². The molecule has 1 rings (SSSR count). The molecule has 1 atom stereocenters. The topological polar surface area (TPSA) is 21.3 Å². The Balaban J connectivity index is 2.70. The van der Waals surface area contributed by atoms with Gasteiger partial charge >= 0.3 is 0 Å². The molecule has 3 heteroatoms. The predicted octanol–water partition coefficient (Wildman–Crippen LogP) is 2.82. The molecule has 90 valence electrons. The van der Waals surface area contributed by atoms with Crippen molar-refractivity contribution in [2.75, 3.05) is 20.3 Å². The van der Waals surface area contributed by atoms with E-state index >= 15 is 0 Å². The van der Waals surface area contributed by atoms with E-state index in [1.165, 1.54) is 0 Å². The second-order valence-electron chi connectivity index (χ2n) is 3.94. The molecule has 0 amide bonds. The van der Waals surface area contributed by atoms with Gasteiger partial charge < -0.3 is 10.1 Å². The quantitative estimate of drug-likeness (QED) is 0.752. The van der Waals surface area contributed by atoms with Crippen molar-refractivity contribution in [2.45, 2.75) is 26.3 Å². The number of aryl methyl sites for hydroxylation is 1. The average Bonchev–Trinajstić information content (AvgIpc) is 2.26. The third-order valence-corrected chi connectivity index (χ3v) is 2.51. The lowest BCUT2D eigenvalue weighted by atomic mass is 10.1. The highest BCUT2D eigenvalue weighted by molar-refractivity contribution is 5.26. The third-order valence-electron chi connectivity index (χ3n) is 2.51. The van der Waals surface area contributed by atoms with Crippen LogP contribution in [0.2, 0.25) is 0 Å². The molecule has 0 aromatic heterocycles. The molecule has 0 bridgehead atoms. The summed E-state index contributed by atoms with van der Waals surface area (Å²) < 4.78 is 19.1. The van der Waals surface area contributed by atoms with Crippen LogP contribution in [-0.4, -0.2) is 20.3 Å². The van der Waals surface area contributed by atoms with Gasteiger partial charge in [0.2, 0.25) is 0 Å². The number of likely N-dealkylation sites (N-methyl/N-ethyl adjacent to an activating group) is 1. The Morgan fingerprint density at radius 3 is 2.75 bits per heavy atom. The van der Waals surface area contributed by atoms with E-state index in [1.807, 2.05) is 26.1 Å². The van der Waals surface area contributed by atoms with E-state index in [4.69, 9.17) is 4.74 Å². The van der Waals surface area contributed by atoms with E-state index < -0.39 is 0 Å². The van der Waals surface area contributed by atoms with Crippen LogP contribution in [0, 0.1) is 12.7 Å². The van der Waals surface area contributed by atoms with E-state index in [-0.39, 0.29) is 11.9 Å². The van der Waals surface area contributed by atoms with Crippen molar-refractivity contribution in [2.24, 2.45) is 0 Å². The van der Waals surface area contributed by atoms with Gasteiger partial charge in [-0.25, -0.2) is 4.39 Å². The molecule has 0 radical (unpaired) electrons. The first-order valence-corrected chi connectivity index (χ1v) is 5.70. The summed E-state index contributed by atoms with van der Waals surface area (Å²) in [6, 6.07) is 5.22. The van der Waals surface area contributed by atoms with Gasteiger partial charge in [0.25, 0.3) is 0 Å². The van der Waals surface area contributed by atoms with Crippen LogP contribution >= 0.6 is 0 Å². The fraction of sp³-hybridized carbons (Fsp3) is 0.538. The zero-order valence-corrected chi connectivity index (χ0v) is 10.2. The number of rotatable bonds is 6. The van der Waals surface area contributed by atoms with Gasteiger partial charge in [0.05, 0.1) is 12.6 Å². The van der Waals surface area contributed by atoms with Crippen molar-refractivity contribution in [3.63, 3.8) is 0 Å². The first-order valence-electron chi connectivity index (χ1n) is 5.70. The summed E-state index contributed by atoms with van der Waals surface area (Å²) in [5, 5.41) is 3.07. The van der Waals surface area contributed by atoms with Gasteiger partial charge in [0.15, 0.2) is 0 Å². The molecule has 0 aliphatic carbocycles. The van der Waals surface area contributed by atoms with Crippen LogP contribution in [-0.2, 0) is 4.74 Å². The summed E-state index contributed by atoms with van der Waals surface area (Å²) >= 11 is 0. The highest BCUT2D eigenvalue weighted by Gasteiger charge is 2.13. The molecular formula is C13H20FNO. The van der Waals surface area contributed by atoms with E-state index in [0.29, 0.717) is 18.8 Å². The van der Waals surface area contributed by atoms with Crippen LogP contribution in [0.15, 0.2) is 18.2 Å². The number of halogens is 1. The molecule has 0 aliphatic heterocycles. The lowest BCUT2D eigenvalue weighted by Gasteiger charge is -2.17. The van der Waals surface area contributed by atoms with Gasteiger partial charge in [-0.1, -0.05) is 19.1 Å². The van der Waals surface area contributed by atoms with Crippen molar-refractivity contribution in [3.8, 4) is 0 Å². The molecule has 0 saturated carbocycles. The van der Waals surface area contributed by atoms with Crippen LogP contribution in [0.3, 0.4) is 0 Å². The van der Waals surface area contributed by atoms with Crippen LogP contribution in [0.25, 0.3) is 0 Å². The number of hydrogen-bond acceptors (Lipinski definition) is 2. The highest BCUT2D eigenvalue weighted by Crippen LogP contribution is 2.18. The molecular weight excluding hydrogens is 205 g/mol. The average molecular weight is 225 g/mol. The van der Waals surface area contributed by atoms with Crippen molar-refractivity contribution in [3.05, 3.63) is 35.1 Å². The molecule has 0 heterocycles. The Hall–Kier alpha value is -0.930. The lowest BCUT2D eigenvalue weighted by molar-refractivity contribution is 0.113. The second kappa shape index (κ2) is 6.61. The molecule has 2 nitrogen and oxygen atoms in total. The van der Waals surface area contributed by atoms with Gasteiger partial charge in [-0.2, -0.15) is 0 Å². The Labute approximate surface area is 96.8 Å². The summed E-state index contributed by atoms with van der Waals surface area (Å²) in [5.41, 5.74) is 1.61. The highest BCUT2D eigenvalue weighted by atomic mass is 19.1. The van der Waals surface area contributed by atoms with Gasteiger partial charge in [-0.3, -0.25) is 0 Å². The fourth-order valence-electron chi connectivity index (χ4n) is 1.59. The Bertz CT molecular complexity index is 328. The van der Waals surface area contributed by atoms with Crippen LogP contribution in [0.5, 0.6) is 0 Å². The summed E-state index contributed by atoms with van der Waals surface area (Å²) in [5.74, 6) is -0.167. The molecule has 0 saturated heterocycles. The summed E-state index contributed by atoms with van der Waals surface area (Å²) in [7, 11) is 1.82. The summed E-state index contributed by atoms with van der Waals surface area (Å²) in [6.45, 7) is 5.16. The minimum atomic E-state index is -0.167. The zero-order chi connectivity index (χ0) is 12.0. The smallest absolute Gasteiger partial charge is 0.128 e. The number of ether oxygens (including phenoxy) is 1. The number of hydrogen-bond donors (Lipinski definition) is 1. The van der Waals surface area contributed by atoms with Gasteiger partial charge in [-0.15, -0.1) is 0 Å². The maximum Gasteiger partial charge on any atom is 0.128 e. The zero-order valence-electron chi connectivity index (χ0n) is 10.2. The summed E-state index contributed by atoms with van der Waals surface area (Å²) in [6.07, 6.45) is 0.979. The Morgan fingerprint density at radius 1 is 1.44 bits per heavy atom. The SMILES string of the molecule is CCCOCC(NC)c1ccc(C)cc1F. The van der Waals surface area contributed by atoms with Crippen LogP contribution in [0.4, 0.5) is 4.39 Å². The van der Waals surface area contributed by atoms with E-state index in [2.05, 4.69) is 12.2 Å². The second-order valence-corrected chi connectivity index (χ2v) is 3.94. The maximum atomic E-state index is 13.7. The Kier molecular flexibility index (Phi) is 5.43. The van der Waals surface area contributed by atoms with Crippen molar-refractivity contribution >= 4 is 0 Å². The molecule has 0 aliphatic rings. The fourth-order valence-corrected chi connectivity index (χ4v) is 1.59. The van der Waals surface area contributed by atoms with E-state index in [0.717, 1.165) is 12.0 Å². The molecule has 1 N–H and O–H groups in total. The third kappa shape index (κ3) is 3.58. The predicted molar refractivity (Wildman–Crippen MR) is 64.0 cm³/mol. The van der Waals surface area contributed by atoms with Gasteiger partial charge in [0, 0.05) is 12.2 Å². The summed E-state index contributed by atoms with van der Waals surface area (Å²) in [4.78, 5) is 0. The Morgan fingerprint density at radius 2 is 2.19 bits per heavy atom. The number of nitrogens with one attached hydrogen (secondary N) is 1. The molecule has 0 spiro atoms. The molecule has 0 fully saturated rings. The van der Waals surface area contributed by atoms with Gasteiger partial charge in [0.1, 0.15) is 5.82 Å². The lowest BCUT2D eigenvalue weighted by Crippen LogP contribution is -2.23. The largest absolute Gasteiger partial charge is 0.379 e. The molecule has 16 heavy (non-hydrogen) atoms. The van der Waals surface area contributed by atoms with Crippen LogP contribution in [0.1, 0.15) is 30.5 Å². The first-order chi connectivity index (χ1) is 7.69. The van der Waals surface area contributed by atoms with Crippen molar-refractivity contribution < 1.29 is 9.13 Å². The van der Waals surface area contributed by atoms with E-state index in [9.17, 15) is 4.39 Å².